The van der Waals surface area contributed by atoms with Gasteiger partial charge in [-0.25, -0.2) is 4.98 Å². The Balaban J connectivity index is 1.88. The maximum atomic E-state index is 12.6. The quantitative estimate of drug-likeness (QED) is 0.760. The van der Waals surface area contributed by atoms with Crippen LogP contribution in [0.1, 0.15) is 24.8 Å². The van der Waals surface area contributed by atoms with Gasteiger partial charge in [0.15, 0.2) is 0 Å². The number of carbonyl (C=O) groups is 1. The first-order valence-electron chi connectivity index (χ1n) is 8.01. The number of rotatable bonds is 5. The largest absolute Gasteiger partial charge is 0.492 e. The number of hydrogen-bond acceptors (Lipinski definition) is 5. The van der Waals surface area contributed by atoms with Gasteiger partial charge in [0.05, 0.1) is 24.0 Å². The van der Waals surface area contributed by atoms with E-state index in [0.717, 1.165) is 4.88 Å². The number of thiophene rings is 1. The summed E-state index contributed by atoms with van der Waals surface area (Å²) < 4.78 is 6.87. The first-order valence-corrected chi connectivity index (χ1v) is 8.83. The molecule has 2 heterocycles. The molecule has 1 aromatic carbocycles. The molecule has 0 saturated heterocycles. The minimum absolute atomic E-state index is 0.213. The zero-order chi connectivity index (χ0) is 18.0. The summed E-state index contributed by atoms with van der Waals surface area (Å²) in [6.07, 6.45) is 1.43. The Bertz CT molecular complexity index is 977. The van der Waals surface area contributed by atoms with Crippen LogP contribution in [0.4, 0.5) is 5.69 Å². The zero-order valence-corrected chi connectivity index (χ0v) is 15.1. The first-order chi connectivity index (χ1) is 12.0. The summed E-state index contributed by atoms with van der Waals surface area (Å²) in [4.78, 5) is 31.2. The summed E-state index contributed by atoms with van der Waals surface area (Å²) in [6, 6.07) is 8.32. The van der Waals surface area contributed by atoms with Crippen LogP contribution in [-0.2, 0) is 4.79 Å². The van der Waals surface area contributed by atoms with Gasteiger partial charge in [-0.2, -0.15) is 0 Å². The molecule has 0 spiro atoms. The van der Waals surface area contributed by atoms with Gasteiger partial charge in [0.2, 0.25) is 5.91 Å². The highest BCUT2D eigenvalue weighted by Gasteiger charge is 2.19. The molecule has 2 aromatic heterocycles. The molecule has 6 nitrogen and oxygen atoms in total. The van der Waals surface area contributed by atoms with Crippen LogP contribution in [0.5, 0.6) is 5.75 Å². The fourth-order valence-corrected chi connectivity index (χ4v) is 3.39. The number of fused-ring (bicyclic) bond motifs is 1. The second kappa shape index (κ2) is 7.06. The smallest absolute Gasteiger partial charge is 0.262 e. The van der Waals surface area contributed by atoms with Crippen molar-refractivity contribution in [2.75, 3.05) is 11.9 Å². The molecule has 0 radical (unpaired) electrons. The van der Waals surface area contributed by atoms with E-state index >= 15 is 0 Å². The van der Waals surface area contributed by atoms with E-state index in [1.807, 2.05) is 26.0 Å². The van der Waals surface area contributed by atoms with E-state index < -0.39 is 6.04 Å². The molecule has 0 bridgehead atoms. The van der Waals surface area contributed by atoms with Crippen molar-refractivity contribution in [1.82, 2.24) is 9.55 Å². The second-order valence-electron chi connectivity index (χ2n) is 5.63. The van der Waals surface area contributed by atoms with Crippen LogP contribution < -0.4 is 15.6 Å². The second-order valence-corrected chi connectivity index (χ2v) is 6.86. The third-order valence-corrected chi connectivity index (χ3v) is 4.80. The molecule has 0 unspecified atom stereocenters. The first kappa shape index (κ1) is 17.2. The average Bonchev–Trinajstić information content (AvgIpc) is 2.98. The maximum Gasteiger partial charge on any atom is 0.262 e. The topological polar surface area (TPSA) is 73.2 Å². The number of amides is 1. The van der Waals surface area contributed by atoms with E-state index in [1.165, 1.54) is 22.2 Å². The van der Waals surface area contributed by atoms with Crippen molar-refractivity contribution in [1.29, 1.82) is 0 Å². The Labute approximate surface area is 149 Å². The predicted molar refractivity (Wildman–Crippen MR) is 99.6 cm³/mol. The summed E-state index contributed by atoms with van der Waals surface area (Å²) in [5, 5.41) is 3.37. The zero-order valence-electron chi connectivity index (χ0n) is 14.3. The summed E-state index contributed by atoms with van der Waals surface area (Å²) in [5.74, 6) is 0.294. The number of ether oxygens (including phenoxy) is 1. The molecule has 3 rings (SSSR count). The van der Waals surface area contributed by atoms with Gasteiger partial charge < -0.3 is 10.1 Å². The lowest BCUT2D eigenvalue weighted by Crippen LogP contribution is -2.31. The molecule has 130 valence electrons. The highest BCUT2D eigenvalue weighted by Crippen LogP contribution is 2.25. The SMILES string of the molecule is CCOc1ccccc1NC(=O)[C@@H](C)n1cnc2sc(C)cc2c1=O. The van der Waals surface area contributed by atoms with Gasteiger partial charge in [0.1, 0.15) is 16.6 Å². The Morgan fingerprint density at radius 2 is 2.16 bits per heavy atom. The summed E-state index contributed by atoms with van der Waals surface area (Å²) >= 11 is 1.46. The normalized spacial score (nSPS) is 12.1. The van der Waals surface area contributed by atoms with Crippen LogP contribution in [0.15, 0.2) is 41.5 Å². The van der Waals surface area contributed by atoms with Gasteiger partial charge in [-0.1, -0.05) is 12.1 Å². The van der Waals surface area contributed by atoms with Crippen molar-refractivity contribution >= 4 is 33.1 Å². The Kier molecular flexibility index (Phi) is 4.85. The molecule has 0 fully saturated rings. The van der Waals surface area contributed by atoms with Gasteiger partial charge in [-0.05, 0) is 39.0 Å². The molecule has 0 saturated carbocycles. The number of aryl methyl sites for hydroxylation is 1. The number of aromatic nitrogens is 2. The van der Waals surface area contributed by atoms with E-state index in [0.29, 0.717) is 28.3 Å². The average molecular weight is 357 g/mol. The van der Waals surface area contributed by atoms with E-state index in [2.05, 4.69) is 10.3 Å². The molecule has 25 heavy (non-hydrogen) atoms. The lowest BCUT2D eigenvalue weighted by atomic mass is 10.2. The van der Waals surface area contributed by atoms with Gasteiger partial charge in [0, 0.05) is 4.88 Å². The molecule has 0 aliphatic rings. The maximum absolute atomic E-state index is 12.6. The number of nitrogens with one attached hydrogen (secondary N) is 1. The number of anilines is 1. The lowest BCUT2D eigenvalue weighted by Gasteiger charge is -2.16. The molecule has 1 N–H and O–H groups in total. The van der Waals surface area contributed by atoms with Crippen molar-refractivity contribution in [2.24, 2.45) is 0 Å². The summed E-state index contributed by atoms with van der Waals surface area (Å²) in [7, 11) is 0. The minimum atomic E-state index is -0.695. The van der Waals surface area contributed by atoms with Gasteiger partial charge in [-0.15, -0.1) is 11.3 Å². The molecule has 0 aliphatic carbocycles. The van der Waals surface area contributed by atoms with Crippen LogP contribution in [-0.4, -0.2) is 22.1 Å². The number of para-hydroxylation sites is 2. The highest BCUT2D eigenvalue weighted by atomic mass is 32.1. The van der Waals surface area contributed by atoms with E-state index in [1.54, 1.807) is 25.1 Å². The van der Waals surface area contributed by atoms with Crippen LogP contribution in [0.3, 0.4) is 0 Å². The Morgan fingerprint density at radius 3 is 2.92 bits per heavy atom. The predicted octanol–water partition coefficient (Wildman–Crippen LogP) is 3.36. The Morgan fingerprint density at radius 1 is 1.40 bits per heavy atom. The standard InChI is InChI=1S/C18H19N3O3S/c1-4-24-15-8-6-5-7-14(15)20-16(22)12(3)21-10-19-17-13(18(21)23)9-11(2)25-17/h5-10,12H,4H2,1-3H3,(H,20,22)/t12-/m1/s1. The van der Waals surface area contributed by atoms with Gasteiger partial charge >= 0.3 is 0 Å². The summed E-state index contributed by atoms with van der Waals surface area (Å²) in [6.45, 7) is 5.98. The Hall–Kier alpha value is -2.67. The number of carbonyl (C=O) groups excluding carboxylic acids is 1. The van der Waals surface area contributed by atoms with Gasteiger partial charge in [-0.3, -0.25) is 14.2 Å². The molecular weight excluding hydrogens is 338 g/mol. The lowest BCUT2D eigenvalue weighted by molar-refractivity contribution is -0.118. The van der Waals surface area contributed by atoms with E-state index in [4.69, 9.17) is 4.74 Å². The fraction of sp³-hybridized carbons (Fsp3) is 0.278. The third-order valence-electron chi connectivity index (χ3n) is 3.84. The van der Waals surface area contributed by atoms with Crippen molar-refractivity contribution in [3.8, 4) is 5.75 Å². The number of hydrogen-bond donors (Lipinski definition) is 1. The van der Waals surface area contributed by atoms with Crippen LogP contribution in [0.2, 0.25) is 0 Å². The van der Waals surface area contributed by atoms with E-state index in [-0.39, 0.29) is 11.5 Å². The fourth-order valence-electron chi connectivity index (χ4n) is 2.55. The monoisotopic (exact) mass is 357 g/mol. The molecule has 1 amide bonds. The van der Waals surface area contributed by atoms with Crippen LogP contribution >= 0.6 is 11.3 Å². The number of nitrogens with zero attached hydrogens (tertiary/aromatic N) is 2. The van der Waals surface area contributed by atoms with Gasteiger partial charge in [0.25, 0.3) is 5.56 Å². The van der Waals surface area contributed by atoms with Crippen molar-refractivity contribution in [3.05, 3.63) is 51.9 Å². The molecule has 0 aliphatic heterocycles. The van der Waals surface area contributed by atoms with Crippen molar-refractivity contribution < 1.29 is 9.53 Å². The van der Waals surface area contributed by atoms with Crippen LogP contribution in [0.25, 0.3) is 10.2 Å². The minimum Gasteiger partial charge on any atom is -0.492 e. The molecule has 3 aromatic rings. The summed E-state index contributed by atoms with van der Waals surface area (Å²) in [5.41, 5.74) is 0.366. The molecular formula is C18H19N3O3S. The van der Waals surface area contributed by atoms with Crippen molar-refractivity contribution in [2.45, 2.75) is 26.8 Å². The number of benzene rings is 1. The van der Waals surface area contributed by atoms with E-state index in [9.17, 15) is 9.59 Å². The third kappa shape index (κ3) is 3.41. The van der Waals surface area contributed by atoms with Crippen molar-refractivity contribution in [3.63, 3.8) is 0 Å². The van der Waals surface area contributed by atoms with Crippen LogP contribution in [0, 0.1) is 6.92 Å². The molecule has 1 atom stereocenters. The highest BCUT2D eigenvalue weighted by molar-refractivity contribution is 7.18. The molecule has 7 heteroatoms.